The number of nitrogens with one attached hydrogen (secondary N) is 1. The SMILES string of the molecule is CC1CCCCN1C(=O)Cc1csc(NC(=O)c2ccco2)n1. The number of carbonyl (C=O) groups excluding carboxylic acids is 2. The Bertz CT molecular complexity index is 681. The summed E-state index contributed by atoms with van der Waals surface area (Å²) in [5.74, 6) is -0.00161. The first kappa shape index (κ1) is 15.7. The van der Waals surface area contributed by atoms with Gasteiger partial charge in [-0.3, -0.25) is 14.9 Å². The van der Waals surface area contributed by atoms with E-state index < -0.39 is 0 Å². The third-order valence-electron chi connectivity index (χ3n) is 3.97. The van der Waals surface area contributed by atoms with Gasteiger partial charge in [0.1, 0.15) is 0 Å². The first-order valence-corrected chi connectivity index (χ1v) is 8.60. The van der Waals surface area contributed by atoms with Gasteiger partial charge >= 0.3 is 0 Å². The third kappa shape index (κ3) is 3.79. The van der Waals surface area contributed by atoms with E-state index in [2.05, 4.69) is 17.2 Å². The Labute approximate surface area is 138 Å². The summed E-state index contributed by atoms with van der Waals surface area (Å²) in [5, 5.41) is 4.96. The highest BCUT2D eigenvalue weighted by Gasteiger charge is 2.23. The molecule has 0 bridgehead atoms. The molecule has 1 fully saturated rings. The molecule has 0 aliphatic carbocycles. The van der Waals surface area contributed by atoms with Crippen LogP contribution in [0.2, 0.25) is 0 Å². The minimum Gasteiger partial charge on any atom is -0.459 e. The average molecular weight is 333 g/mol. The molecule has 1 saturated heterocycles. The summed E-state index contributed by atoms with van der Waals surface area (Å²) < 4.78 is 5.03. The van der Waals surface area contributed by atoms with Crippen molar-refractivity contribution >= 4 is 28.3 Å². The second-order valence-corrected chi connectivity index (χ2v) is 6.54. The highest BCUT2D eigenvalue weighted by molar-refractivity contribution is 7.14. The molecule has 1 N–H and O–H groups in total. The zero-order valence-corrected chi connectivity index (χ0v) is 13.8. The molecule has 0 aromatic carbocycles. The lowest BCUT2D eigenvalue weighted by Crippen LogP contribution is -2.42. The summed E-state index contributed by atoms with van der Waals surface area (Å²) in [4.78, 5) is 30.5. The van der Waals surface area contributed by atoms with E-state index in [9.17, 15) is 9.59 Å². The number of likely N-dealkylation sites (tertiary alicyclic amines) is 1. The highest BCUT2D eigenvalue weighted by atomic mass is 32.1. The van der Waals surface area contributed by atoms with Crippen LogP contribution in [0.15, 0.2) is 28.2 Å². The topological polar surface area (TPSA) is 75.4 Å². The van der Waals surface area contributed by atoms with Gasteiger partial charge in [0.05, 0.1) is 18.4 Å². The smallest absolute Gasteiger partial charge is 0.293 e. The van der Waals surface area contributed by atoms with E-state index in [-0.39, 0.29) is 24.0 Å². The van der Waals surface area contributed by atoms with Crippen molar-refractivity contribution < 1.29 is 14.0 Å². The van der Waals surface area contributed by atoms with Gasteiger partial charge in [-0.25, -0.2) is 4.98 Å². The van der Waals surface area contributed by atoms with E-state index in [0.717, 1.165) is 19.4 Å². The van der Waals surface area contributed by atoms with E-state index in [4.69, 9.17) is 4.42 Å². The lowest BCUT2D eigenvalue weighted by molar-refractivity contribution is -0.133. The molecule has 23 heavy (non-hydrogen) atoms. The van der Waals surface area contributed by atoms with Crippen LogP contribution in [-0.4, -0.2) is 34.3 Å². The Kier molecular flexibility index (Phi) is 4.76. The number of hydrogen-bond acceptors (Lipinski definition) is 5. The van der Waals surface area contributed by atoms with Gasteiger partial charge in [0.25, 0.3) is 5.91 Å². The number of piperidine rings is 1. The van der Waals surface area contributed by atoms with Crippen LogP contribution >= 0.6 is 11.3 Å². The van der Waals surface area contributed by atoms with Crippen LogP contribution in [-0.2, 0) is 11.2 Å². The van der Waals surface area contributed by atoms with E-state index in [1.165, 1.54) is 24.0 Å². The zero-order chi connectivity index (χ0) is 16.2. The summed E-state index contributed by atoms with van der Waals surface area (Å²) in [7, 11) is 0. The summed E-state index contributed by atoms with van der Waals surface area (Å²) in [6.45, 7) is 2.92. The summed E-state index contributed by atoms with van der Waals surface area (Å²) in [6, 6.07) is 3.54. The normalized spacial score (nSPS) is 18.0. The molecular formula is C16H19N3O3S. The summed E-state index contributed by atoms with van der Waals surface area (Å²) in [5.41, 5.74) is 0.688. The number of amides is 2. The van der Waals surface area contributed by atoms with Gasteiger partial charge in [0.15, 0.2) is 10.9 Å². The minimum absolute atomic E-state index is 0.103. The van der Waals surface area contributed by atoms with Gasteiger partial charge in [0.2, 0.25) is 5.91 Å². The van der Waals surface area contributed by atoms with Crippen LogP contribution < -0.4 is 5.32 Å². The van der Waals surface area contributed by atoms with Crippen LogP contribution in [0.3, 0.4) is 0 Å². The average Bonchev–Trinajstić information content (AvgIpc) is 3.19. The Morgan fingerprint density at radius 1 is 1.48 bits per heavy atom. The van der Waals surface area contributed by atoms with Crippen LogP contribution in [0, 0.1) is 0 Å². The molecule has 0 saturated carbocycles. The molecule has 1 unspecified atom stereocenters. The molecule has 1 aliphatic heterocycles. The fourth-order valence-electron chi connectivity index (χ4n) is 2.74. The highest BCUT2D eigenvalue weighted by Crippen LogP contribution is 2.20. The summed E-state index contributed by atoms with van der Waals surface area (Å²) >= 11 is 1.31. The van der Waals surface area contributed by atoms with Crippen molar-refractivity contribution in [1.29, 1.82) is 0 Å². The van der Waals surface area contributed by atoms with Crippen LogP contribution in [0.5, 0.6) is 0 Å². The van der Waals surface area contributed by atoms with Crippen molar-refractivity contribution in [3.63, 3.8) is 0 Å². The van der Waals surface area contributed by atoms with E-state index in [0.29, 0.717) is 16.9 Å². The van der Waals surface area contributed by atoms with E-state index in [1.807, 2.05) is 10.3 Å². The standard InChI is InChI=1S/C16H19N3O3S/c1-11-5-2-3-7-19(11)14(20)9-12-10-23-16(17-12)18-15(21)13-6-4-8-22-13/h4,6,8,10-11H,2-3,5,7,9H2,1H3,(H,17,18,21). The molecule has 3 heterocycles. The maximum atomic E-state index is 12.4. The predicted molar refractivity (Wildman–Crippen MR) is 87.5 cm³/mol. The number of furan rings is 1. The maximum Gasteiger partial charge on any atom is 0.293 e. The van der Waals surface area contributed by atoms with Crippen molar-refractivity contribution in [2.75, 3.05) is 11.9 Å². The van der Waals surface area contributed by atoms with E-state index >= 15 is 0 Å². The molecule has 2 aromatic heterocycles. The lowest BCUT2D eigenvalue weighted by atomic mass is 10.0. The van der Waals surface area contributed by atoms with Gasteiger partial charge in [-0.05, 0) is 38.3 Å². The second-order valence-electron chi connectivity index (χ2n) is 5.68. The molecule has 0 spiro atoms. The largest absolute Gasteiger partial charge is 0.459 e. The van der Waals surface area contributed by atoms with Gasteiger partial charge in [-0.15, -0.1) is 11.3 Å². The van der Waals surface area contributed by atoms with Gasteiger partial charge in [0, 0.05) is 18.0 Å². The number of carbonyl (C=O) groups is 2. The quantitative estimate of drug-likeness (QED) is 0.933. The molecular weight excluding hydrogens is 314 g/mol. The molecule has 1 atom stereocenters. The lowest BCUT2D eigenvalue weighted by Gasteiger charge is -2.33. The molecule has 7 heteroatoms. The number of aromatic nitrogens is 1. The Balaban J connectivity index is 1.58. The van der Waals surface area contributed by atoms with Crippen molar-refractivity contribution in [1.82, 2.24) is 9.88 Å². The van der Waals surface area contributed by atoms with E-state index in [1.54, 1.807) is 12.1 Å². The number of thiazole rings is 1. The molecule has 2 amide bonds. The van der Waals surface area contributed by atoms with Gasteiger partial charge in [-0.2, -0.15) is 0 Å². The third-order valence-corrected chi connectivity index (χ3v) is 4.78. The number of nitrogens with zero attached hydrogens (tertiary/aromatic N) is 2. The molecule has 2 aromatic rings. The predicted octanol–water partition coefficient (Wildman–Crippen LogP) is 2.93. The second kappa shape index (κ2) is 6.95. The molecule has 122 valence electrons. The van der Waals surface area contributed by atoms with Crippen LogP contribution in [0.25, 0.3) is 0 Å². The fourth-order valence-corrected chi connectivity index (χ4v) is 3.44. The number of rotatable bonds is 4. The Morgan fingerprint density at radius 3 is 3.09 bits per heavy atom. The minimum atomic E-state index is -0.341. The zero-order valence-electron chi connectivity index (χ0n) is 12.9. The first-order valence-electron chi connectivity index (χ1n) is 7.72. The molecule has 3 rings (SSSR count). The van der Waals surface area contributed by atoms with Crippen molar-refractivity contribution in [2.24, 2.45) is 0 Å². The van der Waals surface area contributed by atoms with Gasteiger partial charge < -0.3 is 9.32 Å². The Morgan fingerprint density at radius 2 is 2.35 bits per heavy atom. The molecule has 0 radical (unpaired) electrons. The fraction of sp³-hybridized carbons (Fsp3) is 0.438. The first-order chi connectivity index (χ1) is 11.1. The van der Waals surface area contributed by atoms with Crippen molar-refractivity contribution in [3.8, 4) is 0 Å². The number of anilines is 1. The molecule has 1 aliphatic rings. The number of hydrogen-bond donors (Lipinski definition) is 1. The Hall–Kier alpha value is -2.15. The van der Waals surface area contributed by atoms with Crippen LogP contribution in [0.4, 0.5) is 5.13 Å². The van der Waals surface area contributed by atoms with Gasteiger partial charge in [-0.1, -0.05) is 0 Å². The van der Waals surface area contributed by atoms with Crippen molar-refractivity contribution in [3.05, 3.63) is 35.2 Å². The van der Waals surface area contributed by atoms with Crippen LogP contribution in [0.1, 0.15) is 42.4 Å². The monoisotopic (exact) mass is 333 g/mol. The van der Waals surface area contributed by atoms with Crippen molar-refractivity contribution in [2.45, 2.75) is 38.6 Å². The summed E-state index contributed by atoms with van der Waals surface area (Å²) in [6.07, 6.45) is 5.04. The maximum absolute atomic E-state index is 12.4. The molecule has 6 nitrogen and oxygen atoms in total.